The molecular weight excluding hydrogens is 342 g/mol. The fourth-order valence-corrected chi connectivity index (χ4v) is 5.96. The number of ether oxygens (including phenoxy) is 1. The number of Topliss-reactive ketones (excluding diaryl/α,β-unsaturated/α-hetero) is 1. The number of carbonyl (C=O) groups excluding carboxylic acids is 2. The van der Waals surface area contributed by atoms with Crippen LogP contribution in [0.1, 0.15) is 57.1 Å². The average Bonchev–Trinajstić information content (AvgIpc) is 2.91. The first-order valence-corrected chi connectivity index (χ1v) is 10.1. The van der Waals surface area contributed by atoms with Crippen LogP contribution in [0, 0.1) is 17.3 Å². The van der Waals surface area contributed by atoms with E-state index in [0.717, 1.165) is 43.2 Å². The van der Waals surface area contributed by atoms with Crippen LogP contribution in [-0.2, 0) is 26.3 Å². The Labute approximate surface area is 160 Å². The van der Waals surface area contributed by atoms with Crippen LogP contribution in [0.5, 0.6) is 5.75 Å². The number of hydrogen-bond acceptors (Lipinski definition) is 4. The zero-order valence-corrected chi connectivity index (χ0v) is 16.4. The topological polar surface area (TPSA) is 75.6 Å². The monoisotopic (exact) mass is 371 g/mol. The van der Waals surface area contributed by atoms with Crippen molar-refractivity contribution in [2.45, 2.75) is 64.0 Å². The number of fused-ring (bicyclic) bond motifs is 3. The maximum absolute atomic E-state index is 13.9. The number of amides is 1. The Hall–Kier alpha value is -1.88. The summed E-state index contributed by atoms with van der Waals surface area (Å²) >= 11 is 0. The molecule has 2 aliphatic carbocycles. The minimum atomic E-state index is -1.02. The molecule has 4 rings (SSSR count). The Morgan fingerprint density at radius 1 is 1.26 bits per heavy atom. The van der Waals surface area contributed by atoms with Gasteiger partial charge in [0.1, 0.15) is 11.3 Å². The van der Waals surface area contributed by atoms with E-state index in [4.69, 9.17) is 4.74 Å². The van der Waals surface area contributed by atoms with Crippen molar-refractivity contribution in [3.63, 3.8) is 0 Å². The van der Waals surface area contributed by atoms with Crippen molar-refractivity contribution >= 4 is 11.7 Å². The Bertz CT molecular complexity index is 781. The highest BCUT2D eigenvalue weighted by molar-refractivity contribution is 6.03. The number of benzene rings is 1. The van der Waals surface area contributed by atoms with E-state index in [0.29, 0.717) is 6.42 Å². The molecule has 0 radical (unpaired) electrons. The zero-order valence-electron chi connectivity index (χ0n) is 16.4. The zero-order chi connectivity index (χ0) is 19.4. The van der Waals surface area contributed by atoms with Gasteiger partial charge in [-0.2, -0.15) is 0 Å². The maximum Gasteiger partial charge on any atom is 0.224 e. The second kappa shape index (κ2) is 6.33. The summed E-state index contributed by atoms with van der Waals surface area (Å²) < 4.78 is 5.56. The van der Waals surface area contributed by atoms with Crippen molar-refractivity contribution < 1.29 is 19.4 Å². The summed E-state index contributed by atoms with van der Waals surface area (Å²) in [6, 6.07) is 5.30. The summed E-state index contributed by atoms with van der Waals surface area (Å²) in [6.07, 6.45) is 5.05. The molecule has 1 aliphatic heterocycles. The van der Waals surface area contributed by atoms with Gasteiger partial charge in [-0.1, -0.05) is 19.9 Å². The fourth-order valence-electron chi connectivity index (χ4n) is 5.96. The molecule has 5 nitrogen and oxygen atoms in total. The third kappa shape index (κ3) is 2.40. The van der Waals surface area contributed by atoms with Gasteiger partial charge in [-0.15, -0.1) is 0 Å². The Kier molecular flexibility index (Phi) is 4.34. The van der Waals surface area contributed by atoms with Gasteiger partial charge in [0.2, 0.25) is 5.91 Å². The smallest absolute Gasteiger partial charge is 0.224 e. The summed E-state index contributed by atoms with van der Waals surface area (Å²) in [6.45, 7) is 3.83. The lowest BCUT2D eigenvalue weighted by Crippen LogP contribution is -2.68. The summed E-state index contributed by atoms with van der Waals surface area (Å²) in [7, 11) is 1.74. The maximum atomic E-state index is 13.9. The first-order chi connectivity index (χ1) is 12.9. The number of phenols is 1. The minimum Gasteiger partial charge on any atom is -0.508 e. The van der Waals surface area contributed by atoms with Crippen molar-refractivity contribution in [1.29, 1.82) is 0 Å². The van der Waals surface area contributed by atoms with Gasteiger partial charge in [-0.3, -0.25) is 9.59 Å². The standard InChI is InChI=1S/C22H29NO4/c1-4-17-13(2)20(26)23-22(19(17)25)18-11-15(24)6-5-14(18)12-21(22)9-7-16(27-3)8-10-21/h5-6,11,13,16-17,24H,4,7-10,12H2,1-3H3,(H,23,26). The molecule has 1 saturated heterocycles. The predicted molar refractivity (Wildman–Crippen MR) is 101 cm³/mol. The summed E-state index contributed by atoms with van der Waals surface area (Å²) in [5.74, 6) is -0.390. The third-order valence-corrected chi connectivity index (χ3v) is 7.52. The molecule has 0 bridgehead atoms. The Morgan fingerprint density at radius 3 is 2.59 bits per heavy atom. The van der Waals surface area contributed by atoms with Gasteiger partial charge in [-0.05, 0) is 61.8 Å². The molecular formula is C22H29NO4. The van der Waals surface area contributed by atoms with Crippen LogP contribution >= 0.6 is 0 Å². The van der Waals surface area contributed by atoms with Crippen LogP contribution in [0.2, 0.25) is 0 Å². The summed E-state index contributed by atoms with van der Waals surface area (Å²) in [5.41, 5.74) is 0.520. The first-order valence-electron chi connectivity index (χ1n) is 10.1. The van der Waals surface area contributed by atoms with E-state index in [2.05, 4.69) is 5.32 Å². The van der Waals surface area contributed by atoms with Gasteiger partial charge in [0.15, 0.2) is 5.78 Å². The molecule has 1 amide bonds. The van der Waals surface area contributed by atoms with E-state index in [-0.39, 0.29) is 40.8 Å². The summed E-state index contributed by atoms with van der Waals surface area (Å²) in [5, 5.41) is 13.4. The normalized spacial score (nSPS) is 38.3. The number of hydrogen-bond donors (Lipinski definition) is 2. The van der Waals surface area contributed by atoms with E-state index in [1.54, 1.807) is 19.2 Å². The third-order valence-electron chi connectivity index (χ3n) is 7.52. The van der Waals surface area contributed by atoms with Gasteiger partial charge in [0, 0.05) is 24.4 Å². The number of nitrogens with one attached hydrogen (secondary N) is 1. The molecule has 1 heterocycles. The lowest BCUT2D eigenvalue weighted by Gasteiger charge is -2.53. The van der Waals surface area contributed by atoms with Crippen LogP contribution < -0.4 is 5.32 Å². The van der Waals surface area contributed by atoms with Gasteiger partial charge in [0.25, 0.3) is 0 Å². The number of ketones is 1. The van der Waals surface area contributed by atoms with Gasteiger partial charge >= 0.3 is 0 Å². The molecule has 27 heavy (non-hydrogen) atoms. The van der Waals surface area contributed by atoms with Crippen molar-refractivity contribution in [2.24, 2.45) is 17.3 Å². The molecule has 3 unspecified atom stereocenters. The van der Waals surface area contributed by atoms with Crippen molar-refractivity contribution in [3.8, 4) is 5.75 Å². The summed E-state index contributed by atoms with van der Waals surface area (Å²) in [4.78, 5) is 26.9. The van der Waals surface area contributed by atoms with E-state index < -0.39 is 5.54 Å². The number of carbonyl (C=O) groups is 2. The molecule has 3 aliphatic rings. The Morgan fingerprint density at radius 2 is 1.96 bits per heavy atom. The highest BCUT2D eigenvalue weighted by Gasteiger charge is 2.66. The largest absolute Gasteiger partial charge is 0.508 e. The molecule has 1 aromatic carbocycles. The average molecular weight is 371 g/mol. The van der Waals surface area contributed by atoms with E-state index in [9.17, 15) is 14.7 Å². The van der Waals surface area contributed by atoms with Crippen LogP contribution in [-0.4, -0.2) is 30.0 Å². The van der Waals surface area contributed by atoms with Crippen molar-refractivity contribution in [1.82, 2.24) is 5.32 Å². The number of aromatic hydroxyl groups is 1. The lowest BCUT2D eigenvalue weighted by molar-refractivity contribution is -0.155. The van der Waals surface area contributed by atoms with Crippen LogP contribution in [0.25, 0.3) is 0 Å². The number of methoxy groups -OCH3 is 1. The van der Waals surface area contributed by atoms with Crippen molar-refractivity contribution in [2.75, 3.05) is 7.11 Å². The molecule has 2 spiro atoms. The van der Waals surface area contributed by atoms with Gasteiger partial charge < -0.3 is 15.2 Å². The predicted octanol–water partition coefficient (Wildman–Crippen LogP) is 3.08. The fraction of sp³-hybridized carbons (Fsp3) is 0.636. The Balaban J connectivity index is 1.89. The molecule has 5 heteroatoms. The SMILES string of the molecule is CCC1C(=O)C2(NC(=O)C1C)c1cc(O)ccc1CC21CCC(OC)CC1. The molecule has 146 valence electrons. The molecule has 2 fully saturated rings. The second-order valence-corrected chi connectivity index (χ2v) is 8.64. The minimum absolute atomic E-state index is 0.0501. The van der Waals surface area contributed by atoms with Crippen LogP contribution in [0.3, 0.4) is 0 Å². The number of piperidine rings is 1. The van der Waals surface area contributed by atoms with Gasteiger partial charge in [-0.25, -0.2) is 0 Å². The highest BCUT2D eigenvalue weighted by Crippen LogP contribution is 2.60. The van der Waals surface area contributed by atoms with Gasteiger partial charge in [0.05, 0.1) is 6.10 Å². The number of phenolic OH excluding ortho intramolecular Hbond substituents is 1. The quantitative estimate of drug-likeness (QED) is 0.838. The molecule has 1 saturated carbocycles. The second-order valence-electron chi connectivity index (χ2n) is 8.64. The lowest BCUT2D eigenvalue weighted by atomic mass is 9.56. The molecule has 3 atom stereocenters. The molecule has 2 N–H and O–H groups in total. The molecule has 0 aromatic heterocycles. The van der Waals surface area contributed by atoms with Crippen LogP contribution in [0.4, 0.5) is 0 Å². The highest BCUT2D eigenvalue weighted by atomic mass is 16.5. The first kappa shape index (κ1) is 18.5. The van der Waals surface area contributed by atoms with E-state index in [1.165, 1.54) is 0 Å². The van der Waals surface area contributed by atoms with E-state index >= 15 is 0 Å². The van der Waals surface area contributed by atoms with Crippen LogP contribution in [0.15, 0.2) is 18.2 Å². The van der Waals surface area contributed by atoms with E-state index in [1.807, 2.05) is 19.9 Å². The van der Waals surface area contributed by atoms with Crippen molar-refractivity contribution in [3.05, 3.63) is 29.3 Å². The number of rotatable bonds is 2. The molecule has 1 aromatic rings.